The van der Waals surface area contributed by atoms with Crippen molar-refractivity contribution in [1.29, 1.82) is 5.26 Å². The van der Waals surface area contributed by atoms with Crippen LogP contribution in [0.5, 0.6) is 5.75 Å². The third-order valence-electron chi connectivity index (χ3n) is 3.59. The Morgan fingerprint density at radius 3 is 2.75 bits per heavy atom. The number of hydrogen-bond acceptors (Lipinski definition) is 6. The first-order valence-corrected chi connectivity index (χ1v) is 6.71. The summed E-state index contributed by atoms with van der Waals surface area (Å²) in [5, 5.41) is 9.10. The average Bonchev–Trinajstić information content (AvgIpc) is 2.49. The number of nitrogens with zero attached hydrogens (tertiary/aromatic N) is 4. The second-order valence-corrected chi connectivity index (χ2v) is 4.66. The number of methoxy groups -OCH3 is 1. The van der Waals surface area contributed by atoms with Crippen molar-refractivity contribution in [1.82, 2.24) is 14.9 Å². The molecule has 1 saturated heterocycles. The zero-order valence-electron chi connectivity index (χ0n) is 11.8. The van der Waals surface area contributed by atoms with E-state index in [9.17, 15) is 4.79 Å². The minimum Gasteiger partial charge on any atom is -0.489 e. The SMILES string of the molecule is CCC(C#N)N1CCN(c2nc[nH]c(=O)c2OC)CC1. The second kappa shape index (κ2) is 6.39. The maximum Gasteiger partial charge on any atom is 0.295 e. The largest absolute Gasteiger partial charge is 0.489 e. The highest BCUT2D eigenvalue weighted by Gasteiger charge is 2.25. The summed E-state index contributed by atoms with van der Waals surface area (Å²) in [6, 6.07) is 2.28. The molecule has 0 aromatic carbocycles. The van der Waals surface area contributed by atoms with Crippen LogP contribution in [0.2, 0.25) is 0 Å². The fraction of sp³-hybridized carbons (Fsp3) is 0.615. The van der Waals surface area contributed by atoms with Gasteiger partial charge in [-0.3, -0.25) is 9.69 Å². The van der Waals surface area contributed by atoms with E-state index < -0.39 is 0 Å². The van der Waals surface area contributed by atoms with E-state index in [2.05, 4.69) is 20.9 Å². The highest BCUT2D eigenvalue weighted by molar-refractivity contribution is 5.51. The van der Waals surface area contributed by atoms with Gasteiger partial charge in [-0.1, -0.05) is 6.92 Å². The summed E-state index contributed by atoms with van der Waals surface area (Å²) >= 11 is 0. The smallest absolute Gasteiger partial charge is 0.295 e. The minimum atomic E-state index is -0.275. The fourth-order valence-electron chi connectivity index (χ4n) is 2.46. The van der Waals surface area contributed by atoms with Gasteiger partial charge in [-0.15, -0.1) is 0 Å². The molecular formula is C13H19N5O2. The third-order valence-corrected chi connectivity index (χ3v) is 3.59. The molecule has 0 saturated carbocycles. The van der Waals surface area contributed by atoms with Gasteiger partial charge in [-0.2, -0.15) is 5.26 Å². The second-order valence-electron chi connectivity index (χ2n) is 4.66. The molecule has 1 aliphatic heterocycles. The van der Waals surface area contributed by atoms with Crippen molar-refractivity contribution in [3.8, 4) is 11.8 Å². The lowest BCUT2D eigenvalue weighted by Crippen LogP contribution is -2.50. The molecule has 20 heavy (non-hydrogen) atoms. The van der Waals surface area contributed by atoms with Gasteiger partial charge in [0.15, 0.2) is 5.82 Å². The Hall–Kier alpha value is -2.07. The van der Waals surface area contributed by atoms with Gasteiger partial charge >= 0.3 is 0 Å². The number of H-pyrrole nitrogens is 1. The molecule has 1 aliphatic rings. The van der Waals surface area contributed by atoms with E-state index >= 15 is 0 Å². The summed E-state index contributed by atoms with van der Waals surface area (Å²) in [7, 11) is 1.47. The Kier molecular flexibility index (Phi) is 4.58. The Labute approximate surface area is 117 Å². The molecule has 1 atom stereocenters. The van der Waals surface area contributed by atoms with Gasteiger partial charge in [0.05, 0.1) is 25.5 Å². The summed E-state index contributed by atoms with van der Waals surface area (Å²) in [6.07, 6.45) is 2.21. The highest BCUT2D eigenvalue weighted by atomic mass is 16.5. The summed E-state index contributed by atoms with van der Waals surface area (Å²) < 4.78 is 5.13. The van der Waals surface area contributed by atoms with Gasteiger partial charge in [0.1, 0.15) is 0 Å². The van der Waals surface area contributed by atoms with E-state index in [0.29, 0.717) is 5.82 Å². The Balaban J connectivity index is 2.10. The van der Waals surface area contributed by atoms with Gasteiger partial charge in [0.25, 0.3) is 5.56 Å². The van der Waals surface area contributed by atoms with E-state index in [1.807, 2.05) is 11.8 Å². The quantitative estimate of drug-likeness (QED) is 0.846. The first-order valence-electron chi connectivity index (χ1n) is 6.71. The van der Waals surface area contributed by atoms with Crippen LogP contribution in [0.25, 0.3) is 0 Å². The summed E-state index contributed by atoms with van der Waals surface area (Å²) in [4.78, 5) is 22.6. The molecule has 1 fully saturated rings. The minimum absolute atomic E-state index is 0.0359. The number of aromatic amines is 1. The van der Waals surface area contributed by atoms with Crippen molar-refractivity contribution in [3.05, 3.63) is 16.7 Å². The van der Waals surface area contributed by atoms with Crippen LogP contribution < -0.4 is 15.2 Å². The van der Waals surface area contributed by atoms with E-state index in [0.717, 1.165) is 32.6 Å². The number of hydrogen-bond donors (Lipinski definition) is 1. The molecule has 0 amide bonds. The zero-order chi connectivity index (χ0) is 14.5. The molecule has 2 rings (SSSR count). The molecular weight excluding hydrogens is 258 g/mol. The molecule has 1 aromatic heterocycles. The topological polar surface area (TPSA) is 85.3 Å². The number of rotatable bonds is 4. The molecule has 0 bridgehead atoms. The number of aromatic nitrogens is 2. The predicted octanol–water partition coefficient (Wildman–Crippen LogP) is 0.203. The Morgan fingerprint density at radius 1 is 1.50 bits per heavy atom. The summed E-state index contributed by atoms with van der Waals surface area (Å²) in [5.41, 5.74) is -0.275. The van der Waals surface area contributed by atoms with Crippen molar-refractivity contribution in [3.63, 3.8) is 0 Å². The van der Waals surface area contributed by atoms with E-state index in [-0.39, 0.29) is 17.4 Å². The number of nitrogens with one attached hydrogen (secondary N) is 1. The van der Waals surface area contributed by atoms with Gasteiger partial charge in [-0.25, -0.2) is 4.98 Å². The lowest BCUT2D eigenvalue weighted by atomic mass is 10.2. The third kappa shape index (κ3) is 2.75. The number of anilines is 1. The molecule has 0 radical (unpaired) electrons. The summed E-state index contributed by atoms with van der Waals surface area (Å²) in [5.74, 6) is 0.814. The number of piperazine rings is 1. The highest BCUT2D eigenvalue weighted by Crippen LogP contribution is 2.22. The van der Waals surface area contributed by atoms with Crippen LogP contribution >= 0.6 is 0 Å². The molecule has 2 heterocycles. The van der Waals surface area contributed by atoms with Crippen molar-refractivity contribution in [2.45, 2.75) is 19.4 Å². The van der Waals surface area contributed by atoms with Crippen LogP contribution in [0.4, 0.5) is 5.82 Å². The van der Waals surface area contributed by atoms with Gasteiger partial charge < -0.3 is 14.6 Å². The molecule has 1 N–H and O–H groups in total. The van der Waals surface area contributed by atoms with Crippen molar-refractivity contribution >= 4 is 5.82 Å². The maximum atomic E-state index is 11.7. The van der Waals surface area contributed by atoms with Crippen LogP contribution in [-0.4, -0.2) is 54.2 Å². The molecule has 1 unspecified atom stereocenters. The summed E-state index contributed by atoms with van der Waals surface area (Å²) in [6.45, 7) is 5.03. The fourth-order valence-corrected chi connectivity index (χ4v) is 2.46. The maximum absolute atomic E-state index is 11.7. The van der Waals surface area contributed by atoms with Crippen molar-refractivity contribution in [2.75, 3.05) is 38.2 Å². The molecule has 0 spiro atoms. The monoisotopic (exact) mass is 277 g/mol. The first kappa shape index (κ1) is 14.3. The number of nitriles is 1. The van der Waals surface area contributed by atoms with Crippen LogP contribution in [-0.2, 0) is 0 Å². The Bertz CT molecular complexity index is 542. The van der Waals surface area contributed by atoms with Crippen LogP contribution in [0, 0.1) is 11.3 Å². The molecule has 1 aromatic rings. The predicted molar refractivity (Wildman–Crippen MR) is 74.9 cm³/mol. The average molecular weight is 277 g/mol. The Morgan fingerprint density at radius 2 is 2.20 bits per heavy atom. The van der Waals surface area contributed by atoms with Gasteiger partial charge in [0, 0.05) is 26.2 Å². The van der Waals surface area contributed by atoms with Crippen molar-refractivity contribution < 1.29 is 4.74 Å². The molecule has 7 nitrogen and oxygen atoms in total. The van der Waals surface area contributed by atoms with E-state index in [1.54, 1.807) is 0 Å². The lowest BCUT2D eigenvalue weighted by molar-refractivity contribution is 0.215. The standard InChI is InChI=1S/C13H19N5O2/c1-3-10(8-14)17-4-6-18(7-5-17)12-11(20-2)13(19)16-9-15-12/h9-10H,3-7H2,1-2H3,(H,15,16,19). The van der Waals surface area contributed by atoms with E-state index in [1.165, 1.54) is 13.4 Å². The number of ether oxygens (including phenoxy) is 1. The van der Waals surface area contributed by atoms with E-state index in [4.69, 9.17) is 10.00 Å². The molecule has 0 aliphatic carbocycles. The lowest BCUT2D eigenvalue weighted by Gasteiger charge is -2.37. The normalized spacial score (nSPS) is 17.6. The van der Waals surface area contributed by atoms with Gasteiger partial charge in [0.2, 0.25) is 5.75 Å². The zero-order valence-corrected chi connectivity index (χ0v) is 11.8. The van der Waals surface area contributed by atoms with Crippen LogP contribution in [0.3, 0.4) is 0 Å². The first-order chi connectivity index (χ1) is 9.71. The molecule has 108 valence electrons. The van der Waals surface area contributed by atoms with Crippen LogP contribution in [0.15, 0.2) is 11.1 Å². The van der Waals surface area contributed by atoms with Crippen molar-refractivity contribution in [2.24, 2.45) is 0 Å². The molecule has 7 heteroatoms. The van der Waals surface area contributed by atoms with Crippen LogP contribution in [0.1, 0.15) is 13.3 Å². The van der Waals surface area contributed by atoms with Gasteiger partial charge in [-0.05, 0) is 6.42 Å².